The number of rotatable bonds is 3. The molecule has 1 aromatic carbocycles. The second-order valence-electron chi connectivity index (χ2n) is 3.35. The number of halogens is 1. The van der Waals surface area contributed by atoms with Gasteiger partial charge in [-0.2, -0.15) is 0 Å². The van der Waals surface area contributed by atoms with Gasteiger partial charge in [0.2, 0.25) is 0 Å². The molecule has 0 bridgehead atoms. The van der Waals surface area contributed by atoms with Crippen molar-refractivity contribution in [2.45, 2.75) is 19.9 Å². The number of nitrogens with two attached hydrogens (primary N) is 1. The normalized spacial score (nSPS) is 10.3. The van der Waals surface area contributed by atoms with E-state index < -0.39 is 0 Å². The number of hydrogen-bond acceptors (Lipinski definition) is 2. The van der Waals surface area contributed by atoms with Gasteiger partial charge in [0.05, 0.1) is 0 Å². The lowest BCUT2D eigenvalue weighted by molar-refractivity contribution is 0.899. The van der Waals surface area contributed by atoms with E-state index >= 15 is 0 Å². The summed E-state index contributed by atoms with van der Waals surface area (Å²) in [7, 11) is 0. The molecule has 0 heterocycles. The third-order valence-electron chi connectivity index (χ3n) is 1.69. The summed E-state index contributed by atoms with van der Waals surface area (Å²) in [5, 5.41) is 3.29. The fourth-order valence-corrected chi connectivity index (χ4v) is 1.69. The van der Waals surface area contributed by atoms with E-state index in [4.69, 9.17) is 18.0 Å². The van der Waals surface area contributed by atoms with Crippen molar-refractivity contribution in [3.8, 4) is 0 Å². The highest BCUT2D eigenvalue weighted by molar-refractivity contribution is 9.10. The zero-order chi connectivity index (χ0) is 10.7. The van der Waals surface area contributed by atoms with Gasteiger partial charge in [0.1, 0.15) is 4.99 Å². The van der Waals surface area contributed by atoms with Gasteiger partial charge in [-0.1, -0.05) is 28.1 Å². The molecule has 0 aromatic heterocycles. The topological polar surface area (TPSA) is 38.0 Å². The smallest absolute Gasteiger partial charge is 0.106 e. The monoisotopic (exact) mass is 272 g/mol. The Kier molecular flexibility index (Phi) is 3.89. The molecule has 0 fully saturated rings. The minimum absolute atomic E-state index is 0.365. The molecule has 1 aromatic rings. The van der Waals surface area contributed by atoms with Crippen LogP contribution in [0, 0.1) is 0 Å². The van der Waals surface area contributed by atoms with E-state index in [2.05, 4.69) is 35.1 Å². The quantitative estimate of drug-likeness (QED) is 0.832. The number of thiocarbonyl (C=S) groups is 1. The van der Waals surface area contributed by atoms with E-state index in [1.54, 1.807) is 0 Å². The maximum atomic E-state index is 5.63. The number of benzene rings is 1. The predicted molar refractivity (Wildman–Crippen MR) is 68.8 cm³/mol. The van der Waals surface area contributed by atoms with Crippen LogP contribution in [0.15, 0.2) is 22.7 Å². The van der Waals surface area contributed by atoms with Gasteiger partial charge in [-0.25, -0.2) is 0 Å². The molecule has 0 aliphatic rings. The van der Waals surface area contributed by atoms with Gasteiger partial charge < -0.3 is 11.1 Å². The van der Waals surface area contributed by atoms with E-state index in [1.807, 2.05) is 18.2 Å². The van der Waals surface area contributed by atoms with Gasteiger partial charge in [-0.15, -0.1) is 0 Å². The zero-order valence-electron chi connectivity index (χ0n) is 8.17. The molecule has 0 saturated carbocycles. The Hall–Kier alpha value is -0.610. The lowest BCUT2D eigenvalue weighted by Crippen LogP contribution is -2.16. The number of anilines is 1. The van der Waals surface area contributed by atoms with E-state index in [9.17, 15) is 0 Å². The van der Waals surface area contributed by atoms with Crippen molar-refractivity contribution in [3.63, 3.8) is 0 Å². The average molecular weight is 273 g/mol. The number of hydrogen-bond donors (Lipinski definition) is 2. The molecule has 0 radical (unpaired) electrons. The number of nitrogens with one attached hydrogen (secondary N) is 1. The molecule has 0 aliphatic heterocycles. The molecule has 14 heavy (non-hydrogen) atoms. The van der Waals surface area contributed by atoms with Crippen LogP contribution in [0.4, 0.5) is 5.69 Å². The molecular weight excluding hydrogens is 260 g/mol. The van der Waals surface area contributed by atoms with Crippen LogP contribution in [0.5, 0.6) is 0 Å². The van der Waals surface area contributed by atoms with Crippen molar-refractivity contribution in [2.24, 2.45) is 5.73 Å². The summed E-state index contributed by atoms with van der Waals surface area (Å²) in [4.78, 5) is 0.412. The van der Waals surface area contributed by atoms with Crippen LogP contribution in [0.1, 0.15) is 19.4 Å². The largest absolute Gasteiger partial charge is 0.389 e. The van der Waals surface area contributed by atoms with Crippen LogP contribution in [0.2, 0.25) is 0 Å². The molecular formula is C10H13BrN2S. The minimum Gasteiger partial charge on any atom is -0.389 e. The van der Waals surface area contributed by atoms with Gasteiger partial charge >= 0.3 is 0 Å². The first-order chi connectivity index (χ1) is 6.50. The Morgan fingerprint density at radius 2 is 2.14 bits per heavy atom. The van der Waals surface area contributed by atoms with Gasteiger partial charge in [0.15, 0.2) is 0 Å². The molecule has 0 spiro atoms. The molecule has 0 saturated heterocycles. The average Bonchev–Trinajstić information content (AvgIpc) is 2.07. The Balaban J connectivity index is 3.08. The highest BCUT2D eigenvalue weighted by atomic mass is 79.9. The third kappa shape index (κ3) is 2.96. The van der Waals surface area contributed by atoms with Crippen molar-refractivity contribution in [2.75, 3.05) is 5.32 Å². The van der Waals surface area contributed by atoms with E-state index in [1.165, 1.54) is 0 Å². The molecule has 0 atom stereocenters. The lowest BCUT2D eigenvalue weighted by Gasteiger charge is -2.14. The van der Waals surface area contributed by atoms with E-state index in [-0.39, 0.29) is 0 Å². The second-order valence-corrected chi connectivity index (χ2v) is 4.71. The van der Waals surface area contributed by atoms with Gasteiger partial charge in [-0.3, -0.25) is 0 Å². The Morgan fingerprint density at radius 1 is 1.50 bits per heavy atom. The van der Waals surface area contributed by atoms with Gasteiger partial charge in [0, 0.05) is 21.8 Å². The summed E-state index contributed by atoms with van der Waals surface area (Å²) in [6, 6.07) is 6.22. The standard InChI is InChI=1S/C10H13BrN2S/c1-6(2)13-9-4-3-7(11)5-8(9)10(12)14/h3-6,13H,1-2H3,(H2,12,14). The molecule has 1 rings (SSSR count). The summed E-state index contributed by atoms with van der Waals surface area (Å²) in [5.74, 6) is 0. The zero-order valence-corrected chi connectivity index (χ0v) is 10.6. The molecule has 0 aliphatic carbocycles. The van der Waals surface area contributed by atoms with Crippen LogP contribution in [-0.4, -0.2) is 11.0 Å². The van der Waals surface area contributed by atoms with Crippen LogP contribution in [0.3, 0.4) is 0 Å². The first-order valence-electron chi connectivity index (χ1n) is 4.36. The highest BCUT2D eigenvalue weighted by Gasteiger charge is 2.06. The first-order valence-corrected chi connectivity index (χ1v) is 5.56. The fourth-order valence-electron chi connectivity index (χ4n) is 1.16. The Morgan fingerprint density at radius 3 is 2.64 bits per heavy atom. The summed E-state index contributed by atoms with van der Waals surface area (Å²) in [5.41, 5.74) is 7.49. The lowest BCUT2D eigenvalue weighted by atomic mass is 10.1. The van der Waals surface area contributed by atoms with Crippen LogP contribution >= 0.6 is 28.1 Å². The van der Waals surface area contributed by atoms with E-state index in [0.29, 0.717) is 11.0 Å². The summed E-state index contributed by atoms with van der Waals surface area (Å²) in [6.45, 7) is 4.15. The molecule has 76 valence electrons. The third-order valence-corrected chi connectivity index (χ3v) is 2.40. The Bertz CT molecular complexity index is 350. The molecule has 2 nitrogen and oxygen atoms in total. The summed E-state index contributed by atoms with van der Waals surface area (Å²) in [6.07, 6.45) is 0. The van der Waals surface area contributed by atoms with E-state index in [0.717, 1.165) is 15.7 Å². The molecule has 3 N–H and O–H groups in total. The molecule has 4 heteroatoms. The van der Waals surface area contributed by atoms with Crippen molar-refractivity contribution in [1.29, 1.82) is 0 Å². The molecule has 0 unspecified atom stereocenters. The second kappa shape index (κ2) is 4.75. The van der Waals surface area contributed by atoms with Crippen molar-refractivity contribution >= 4 is 38.8 Å². The maximum Gasteiger partial charge on any atom is 0.106 e. The van der Waals surface area contributed by atoms with Crippen molar-refractivity contribution in [3.05, 3.63) is 28.2 Å². The SMILES string of the molecule is CC(C)Nc1ccc(Br)cc1C(N)=S. The van der Waals surface area contributed by atoms with Crippen molar-refractivity contribution < 1.29 is 0 Å². The van der Waals surface area contributed by atoms with Crippen LogP contribution in [-0.2, 0) is 0 Å². The van der Waals surface area contributed by atoms with Crippen LogP contribution in [0.25, 0.3) is 0 Å². The van der Waals surface area contributed by atoms with Crippen molar-refractivity contribution in [1.82, 2.24) is 0 Å². The summed E-state index contributed by atoms with van der Waals surface area (Å²) < 4.78 is 0.981. The fraction of sp³-hybridized carbons (Fsp3) is 0.300. The maximum absolute atomic E-state index is 5.63. The predicted octanol–water partition coefficient (Wildman–Crippen LogP) is 2.90. The molecule has 0 amide bonds. The minimum atomic E-state index is 0.365. The van der Waals surface area contributed by atoms with Crippen LogP contribution < -0.4 is 11.1 Å². The van der Waals surface area contributed by atoms with Gasteiger partial charge in [-0.05, 0) is 32.0 Å². The Labute approximate surface area is 98.0 Å². The first kappa shape index (κ1) is 11.5. The highest BCUT2D eigenvalue weighted by Crippen LogP contribution is 2.21. The summed E-state index contributed by atoms with van der Waals surface area (Å²) >= 11 is 8.37. The van der Waals surface area contributed by atoms with Gasteiger partial charge in [0.25, 0.3) is 0 Å².